The van der Waals surface area contributed by atoms with Crippen LogP contribution in [0.3, 0.4) is 0 Å². The maximum absolute atomic E-state index is 4.59. The number of fused-ring (bicyclic) bond motifs is 1. The second kappa shape index (κ2) is 4.54. The lowest BCUT2D eigenvalue weighted by molar-refractivity contribution is 0.723. The predicted octanol–water partition coefficient (Wildman–Crippen LogP) is 3.26. The first-order valence-corrected chi connectivity index (χ1v) is 7.33. The van der Waals surface area contributed by atoms with E-state index in [1.54, 1.807) is 22.7 Å². The van der Waals surface area contributed by atoms with Crippen LogP contribution in [0.4, 0.5) is 0 Å². The van der Waals surface area contributed by atoms with Crippen LogP contribution in [0.15, 0.2) is 17.5 Å². The Balaban J connectivity index is 1.99. The maximum Gasteiger partial charge on any atom is 0.235 e. The van der Waals surface area contributed by atoms with Crippen LogP contribution in [-0.2, 0) is 6.42 Å². The van der Waals surface area contributed by atoms with Gasteiger partial charge in [-0.15, -0.1) is 21.5 Å². The maximum atomic E-state index is 4.59. The van der Waals surface area contributed by atoms with Crippen molar-refractivity contribution in [1.82, 2.24) is 19.8 Å². The third-order valence-corrected chi connectivity index (χ3v) is 4.48. The molecule has 0 aliphatic heterocycles. The van der Waals surface area contributed by atoms with Crippen LogP contribution in [-0.4, -0.2) is 19.8 Å². The van der Waals surface area contributed by atoms with Gasteiger partial charge >= 0.3 is 0 Å². The Labute approximate surface area is 107 Å². The third-order valence-electron chi connectivity index (χ3n) is 2.54. The molecule has 0 bridgehead atoms. The van der Waals surface area contributed by atoms with Gasteiger partial charge < -0.3 is 0 Å². The quantitative estimate of drug-likeness (QED) is 0.726. The third kappa shape index (κ3) is 1.98. The van der Waals surface area contributed by atoms with Gasteiger partial charge in [-0.2, -0.15) is 9.61 Å². The van der Waals surface area contributed by atoms with E-state index >= 15 is 0 Å². The fraction of sp³-hybridized carbons (Fsp3) is 0.364. The van der Waals surface area contributed by atoms with Crippen LogP contribution in [0.5, 0.6) is 0 Å². The molecule has 0 fully saturated rings. The Kier molecular flexibility index (Phi) is 2.90. The van der Waals surface area contributed by atoms with E-state index in [-0.39, 0.29) is 0 Å². The zero-order valence-electron chi connectivity index (χ0n) is 9.46. The summed E-state index contributed by atoms with van der Waals surface area (Å²) >= 11 is 3.30. The highest BCUT2D eigenvalue weighted by Crippen LogP contribution is 2.29. The molecule has 4 nitrogen and oxygen atoms in total. The van der Waals surface area contributed by atoms with Crippen molar-refractivity contribution in [3.05, 3.63) is 23.3 Å². The second-order valence-corrected chi connectivity index (χ2v) is 5.70. The van der Waals surface area contributed by atoms with Gasteiger partial charge in [-0.1, -0.05) is 30.7 Å². The molecule has 0 aromatic carbocycles. The van der Waals surface area contributed by atoms with Gasteiger partial charge in [-0.25, -0.2) is 0 Å². The molecule has 0 radical (unpaired) electrons. The van der Waals surface area contributed by atoms with E-state index in [4.69, 9.17) is 0 Å². The molecule has 88 valence electrons. The average Bonchev–Trinajstić information content (AvgIpc) is 3.02. The molecular weight excluding hydrogens is 252 g/mol. The molecule has 0 saturated carbocycles. The monoisotopic (exact) mass is 264 g/mol. The molecule has 0 spiro atoms. The van der Waals surface area contributed by atoms with Gasteiger partial charge in [0, 0.05) is 6.42 Å². The molecule has 6 heteroatoms. The topological polar surface area (TPSA) is 43.1 Å². The first kappa shape index (κ1) is 10.9. The van der Waals surface area contributed by atoms with Crippen LogP contribution < -0.4 is 0 Å². The molecule has 3 aromatic rings. The van der Waals surface area contributed by atoms with Crippen molar-refractivity contribution in [2.24, 2.45) is 0 Å². The average molecular weight is 264 g/mol. The number of hydrogen-bond donors (Lipinski definition) is 0. The largest absolute Gasteiger partial charge is 0.235 e. The summed E-state index contributed by atoms with van der Waals surface area (Å²) < 4.78 is 1.88. The molecule has 3 rings (SSSR count). The van der Waals surface area contributed by atoms with E-state index in [1.807, 2.05) is 10.6 Å². The predicted molar refractivity (Wildman–Crippen MR) is 70.6 cm³/mol. The summed E-state index contributed by atoms with van der Waals surface area (Å²) in [4.78, 5) is 2.08. The number of hydrogen-bond acceptors (Lipinski definition) is 5. The number of thiophene rings is 1. The van der Waals surface area contributed by atoms with Gasteiger partial charge in [0.15, 0.2) is 10.8 Å². The lowest BCUT2D eigenvalue weighted by Crippen LogP contribution is -1.95. The Hall–Kier alpha value is -1.27. The summed E-state index contributed by atoms with van der Waals surface area (Å²) in [6.07, 6.45) is 3.24. The Morgan fingerprint density at radius 1 is 1.35 bits per heavy atom. The Bertz CT molecular complexity index is 609. The zero-order valence-corrected chi connectivity index (χ0v) is 11.1. The van der Waals surface area contributed by atoms with Crippen molar-refractivity contribution < 1.29 is 0 Å². The number of aromatic nitrogens is 4. The summed E-state index contributed by atoms with van der Waals surface area (Å²) in [6.45, 7) is 2.18. The molecule has 0 atom stereocenters. The molecule has 0 aliphatic rings. The van der Waals surface area contributed by atoms with Crippen molar-refractivity contribution in [1.29, 1.82) is 0 Å². The van der Waals surface area contributed by atoms with Gasteiger partial charge in [-0.3, -0.25) is 0 Å². The fourth-order valence-corrected chi connectivity index (χ4v) is 3.30. The first-order chi connectivity index (χ1) is 8.38. The van der Waals surface area contributed by atoms with Gasteiger partial charge in [0.25, 0.3) is 0 Å². The smallest absolute Gasteiger partial charge is 0.187 e. The molecule has 3 heterocycles. The number of unbranched alkanes of at least 4 members (excludes halogenated alkanes) is 1. The van der Waals surface area contributed by atoms with E-state index in [0.717, 1.165) is 35.1 Å². The van der Waals surface area contributed by atoms with Gasteiger partial charge in [-0.05, 0) is 17.9 Å². The lowest BCUT2D eigenvalue weighted by Gasteiger charge is -1.93. The summed E-state index contributed by atoms with van der Waals surface area (Å²) in [6, 6.07) is 4.13. The summed E-state index contributed by atoms with van der Waals surface area (Å²) in [5.74, 6) is 0.973. The highest BCUT2D eigenvalue weighted by Gasteiger charge is 2.12. The van der Waals surface area contributed by atoms with E-state index in [0.29, 0.717) is 0 Å². The summed E-state index contributed by atoms with van der Waals surface area (Å²) in [5, 5.41) is 16.0. The van der Waals surface area contributed by atoms with Crippen LogP contribution in [0.2, 0.25) is 0 Å². The zero-order chi connectivity index (χ0) is 11.7. The molecule has 17 heavy (non-hydrogen) atoms. The number of aryl methyl sites for hydroxylation is 1. The van der Waals surface area contributed by atoms with E-state index in [9.17, 15) is 0 Å². The normalized spacial score (nSPS) is 11.4. The molecule has 0 aliphatic carbocycles. The van der Waals surface area contributed by atoms with Crippen molar-refractivity contribution >= 4 is 27.6 Å². The van der Waals surface area contributed by atoms with E-state index in [2.05, 4.69) is 33.7 Å². The molecule has 0 saturated heterocycles. The highest BCUT2D eigenvalue weighted by molar-refractivity contribution is 7.23. The minimum Gasteiger partial charge on any atom is -0.187 e. The van der Waals surface area contributed by atoms with Gasteiger partial charge in [0.05, 0.1) is 4.88 Å². The second-order valence-electron chi connectivity index (χ2n) is 3.80. The van der Waals surface area contributed by atoms with Crippen LogP contribution in [0.1, 0.15) is 25.6 Å². The summed E-state index contributed by atoms with van der Waals surface area (Å²) in [7, 11) is 0. The molecule has 0 amide bonds. The Morgan fingerprint density at radius 2 is 2.29 bits per heavy atom. The lowest BCUT2D eigenvalue weighted by atomic mass is 10.2. The van der Waals surface area contributed by atoms with Gasteiger partial charge in [0.2, 0.25) is 4.96 Å². The standard InChI is InChI=1S/C11H12N4S2/c1-2-3-6-9-12-13-11-15(9)14-10(17-11)8-5-4-7-16-8/h4-5,7H,2-3,6H2,1H3. The molecule has 0 N–H and O–H groups in total. The summed E-state index contributed by atoms with van der Waals surface area (Å²) in [5.41, 5.74) is 0. The SMILES string of the molecule is CCCCc1nnc2sc(-c3cccs3)nn12. The molecule has 0 unspecified atom stereocenters. The number of rotatable bonds is 4. The van der Waals surface area contributed by atoms with Crippen molar-refractivity contribution in [3.8, 4) is 9.88 Å². The molecule has 3 aromatic heterocycles. The van der Waals surface area contributed by atoms with E-state index < -0.39 is 0 Å². The highest BCUT2D eigenvalue weighted by atomic mass is 32.1. The van der Waals surface area contributed by atoms with Crippen LogP contribution in [0, 0.1) is 0 Å². The minimum absolute atomic E-state index is 0.888. The molecular formula is C11H12N4S2. The van der Waals surface area contributed by atoms with Crippen molar-refractivity contribution in [3.63, 3.8) is 0 Å². The Morgan fingerprint density at radius 3 is 3.06 bits per heavy atom. The fourth-order valence-electron chi connectivity index (χ4n) is 1.65. The van der Waals surface area contributed by atoms with Crippen molar-refractivity contribution in [2.45, 2.75) is 26.2 Å². The van der Waals surface area contributed by atoms with Crippen LogP contribution in [0.25, 0.3) is 14.8 Å². The first-order valence-electron chi connectivity index (χ1n) is 5.63. The number of nitrogens with zero attached hydrogens (tertiary/aromatic N) is 4. The minimum atomic E-state index is 0.888. The van der Waals surface area contributed by atoms with Crippen LogP contribution >= 0.6 is 22.7 Å². The van der Waals surface area contributed by atoms with Crippen molar-refractivity contribution in [2.75, 3.05) is 0 Å². The van der Waals surface area contributed by atoms with Gasteiger partial charge in [0.1, 0.15) is 0 Å². The van der Waals surface area contributed by atoms with E-state index in [1.165, 1.54) is 4.88 Å².